The molecule has 21 heavy (non-hydrogen) atoms. The highest BCUT2D eigenvalue weighted by atomic mass is 16.5. The van der Waals surface area contributed by atoms with Gasteiger partial charge in [-0.15, -0.1) is 0 Å². The van der Waals surface area contributed by atoms with Crippen molar-refractivity contribution in [3.63, 3.8) is 0 Å². The van der Waals surface area contributed by atoms with Crippen LogP contribution in [0, 0.1) is 0 Å². The predicted octanol–water partition coefficient (Wildman–Crippen LogP) is 3.15. The molecular weight excluding hydrogens is 272 g/mol. The third-order valence-corrected chi connectivity index (χ3v) is 2.99. The minimum absolute atomic E-state index is 0.0342. The number of aromatic carboxylic acids is 2. The highest BCUT2D eigenvalue weighted by molar-refractivity contribution is 6.03. The van der Waals surface area contributed by atoms with E-state index in [4.69, 9.17) is 4.74 Å². The Morgan fingerprint density at radius 1 is 0.952 bits per heavy atom. The summed E-state index contributed by atoms with van der Waals surface area (Å²) >= 11 is 0. The zero-order valence-electron chi connectivity index (χ0n) is 11.4. The van der Waals surface area contributed by atoms with Gasteiger partial charge in [0.1, 0.15) is 11.3 Å². The molecule has 5 nitrogen and oxygen atoms in total. The van der Waals surface area contributed by atoms with Crippen LogP contribution in [0.3, 0.4) is 0 Å². The Labute approximate surface area is 121 Å². The maximum Gasteiger partial charge on any atom is 0.340 e. The topological polar surface area (TPSA) is 83.8 Å². The Morgan fingerprint density at radius 3 is 2.24 bits per heavy atom. The first kappa shape index (κ1) is 14.6. The van der Waals surface area contributed by atoms with E-state index in [0.29, 0.717) is 17.7 Å². The number of hydrogen-bond donors (Lipinski definition) is 2. The van der Waals surface area contributed by atoms with Crippen molar-refractivity contribution in [3.05, 3.63) is 53.6 Å². The zero-order chi connectivity index (χ0) is 15.4. The molecule has 0 aliphatic rings. The summed E-state index contributed by atoms with van der Waals surface area (Å²) in [6.07, 6.45) is 0. The molecule has 0 amide bonds. The molecule has 0 saturated heterocycles. The van der Waals surface area contributed by atoms with Crippen molar-refractivity contribution < 1.29 is 24.5 Å². The van der Waals surface area contributed by atoms with Gasteiger partial charge in [0.15, 0.2) is 0 Å². The molecule has 0 aliphatic heterocycles. The van der Waals surface area contributed by atoms with E-state index in [9.17, 15) is 19.8 Å². The molecule has 2 rings (SSSR count). The van der Waals surface area contributed by atoms with E-state index in [1.54, 1.807) is 43.3 Å². The van der Waals surface area contributed by atoms with Gasteiger partial charge in [-0.2, -0.15) is 0 Å². The van der Waals surface area contributed by atoms with Gasteiger partial charge < -0.3 is 14.9 Å². The molecule has 2 aromatic rings. The van der Waals surface area contributed by atoms with Crippen LogP contribution in [0.15, 0.2) is 42.5 Å². The summed E-state index contributed by atoms with van der Waals surface area (Å²) < 4.78 is 5.33. The SMILES string of the molecule is CCOc1cccc(-c2ccccc2C(=O)O)c1C(=O)O. The maximum atomic E-state index is 11.5. The normalized spacial score (nSPS) is 10.1. The van der Waals surface area contributed by atoms with Crippen LogP contribution in [0.2, 0.25) is 0 Å². The van der Waals surface area contributed by atoms with E-state index in [-0.39, 0.29) is 16.9 Å². The summed E-state index contributed by atoms with van der Waals surface area (Å²) in [5.74, 6) is -2.04. The number of ether oxygens (including phenoxy) is 1. The largest absolute Gasteiger partial charge is 0.493 e. The second-order valence-electron chi connectivity index (χ2n) is 4.27. The van der Waals surface area contributed by atoms with Crippen LogP contribution in [-0.4, -0.2) is 28.8 Å². The first-order valence-corrected chi connectivity index (χ1v) is 6.38. The molecular formula is C16H14O5. The zero-order valence-corrected chi connectivity index (χ0v) is 11.4. The molecule has 0 saturated carbocycles. The van der Waals surface area contributed by atoms with E-state index in [1.165, 1.54) is 6.07 Å². The van der Waals surface area contributed by atoms with Crippen LogP contribution in [0.1, 0.15) is 27.6 Å². The lowest BCUT2D eigenvalue weighted by Crippen LogP contribution is -2.07. The Balaban J connectivity index is 2.72. The lowest BCUT2D eigenvalue weighted by molar-refractivity contribution is 0.0681. The van der Waals surface area contributed by atoms with Gasteiger partial charge in [0.25, 0.3) is 0 Å². The molecule has 0 atom stereocenters. The van der Waals surface area contributed by atoms with Gasteiger partial charge in [-0.1, -0.05) is 30.3 Å². The molecule has 0 aliphatic carbocycles. The molecule has 0 bridgehead atoms. The van der Waals surface area contributed by atoms with Crippen molar-refractivity contribution in [2.24, 2.45) is 0 Å². The second kappa shape index (κ2) is 6.09. The highest BCUT2D eigenvalue weighted by Crippen LogP contribution is 2.33. The van der Waals surface area contributed by atoms with E-state index < -0.39 is 11.9 Å². The van der Waals surface area contributed by atoms with Gasteiger partial charge in [-0.05, 0) is 24.6 Å². The molecule has 108 valence electrons. The summed E-state index contributed by atoms with van der Waals surface area (Å²) in [6, 6.07) is 11.1. The minimum atomic E-state index is -1.16. The van der Waals surface area contributed by atoms with Crippen LogP contribution in [-0.2, 0) is 0 Å². The number of benzene rings is 2. The van der Waals surface area contributed by atoms with Gasteiger partial charge in [0.2, 0.25) is 0 Å². The average Bonchev–Trinajstić information content (AvgIpc) is 2.47. The standard InChI is InChI=1S/C16H14O5/c1-2-21-13-9-5-8-11(14(13)16(19)20)10-6-3-4-7-12(10)15(17)18/h3-9H,2H2,1H3,(H,17,18)(H,19,20). The fourth-order valence-corrected chi connectivity index (χ4v) is 2.16. The monoisotopic (exact) mass is 286 g/mol. The van der Waals surface area contributed by atoms with E-state index in [0.717, 1.165) is 0 Å². The molecule has 0 spiro atoms. The molecule has 2 aromatic carbocycles. The quantitative estimate of drug-likeness (QED) is 0.882. The van der Waals surface area contributed by atoms with Crippen LogP contribution in [0.4, 0.5) is 0 Å². The van der Waals surface area contributed by atoms with Crippen molar-refractivity contribution in [3.8, 4) is 16.9 Å². The Bertz CT molecular complexity index is 691. The lowest BCUT2D eigenvalue weighted by Gasteiger charge is -2.13. The smallest absolute Gasteiger partial charge is 0.340 e. The van der Waals surface area contributed by atoms with Crippen molar-refractivity contribution in [1.82, 2.24) is 0 Å². The minimum Gasteiger partial charge on any atom is -0.493 e. The number of carboxylic acid groups (broad SMARTS) is 2. The molecule has 0 unspecified atom stereocenters. The van der Waals surface area contributed by atoms with E-state index in [1.807, 2.05) is 0 Å². The van der Waals surface area contributed by atoms with Crippen molar-refractivity contribution in [1.29, 1.82) is 0 Å². The Kier molecular flexibility index (Phi) is 4.23. The average molecular weight is 286 g/mol. The summed E-state index contributed by atoms with van der Waals surface area (Å²) in [6.45, 7) is 2.08. The second-order valence-corrected chi connectivity index (χ2v) is 4.27. The molecule has 0 heterocycles. The van der Waals surface area contributed by atoms with Crippen molar-refractivity contribution >= 4 is 11.9 Å². The number of rotatable bonds is 5. The number of hydrogen-bond acceptors (Lipinski definition) is 3. The van der Waals surface area contributed by atoms with Gasteiger partial charge in [0.05, 0.1) is 12.2 Å². The van der Waals surface area contributed by atoms with Gasteiger partial charge in [-0.3, -0.25) is 0 Å². The first-order chi connectivity index (χ1) is 10.1. The van der Waals surface area contributed by atoms with Crippen LogP contribution in [0.25, 0.3) is 11.1 Å². The number of carboxylic acids is 2. The molecule has 0 radical (unpaired) electrons. The molecule has 0 aromatic heterocycles. The lowest BCUT2D eigenvalue weighted by atomic mass is 9.95. The van der Waals surface area contributed by atoms with Gasteiger partial charge in [0, 0.05) is 5.56 Å². The fourth-order valence-electron chi connectivity index (χ4n) is 2.16. The molecule has 5 heteroatoms. The third-order valence-electron chi connectivity index (χ3n) is 2.99. The summed E-state index contributed by atoms with van der Waals surface area (Å²) in [7, 11) is 0. The Hall–Kier alpha value is -2.82. The highest BCUT2D eigenvalue weighted by Gasteiger charge is 2.21. The predicted molar refractivity (Wildman–Crippen MR) is 77.0 cm³/mol. The van der Waals surface area contributed by atoms with Gasteiger partial charge in [-0.25, -0.2) is 9.59 Å². The van der Waals surface area contributed by atoms with Crippen molar-refractivity contribution in [2.45, 2.75) is 6.92 Å². The van der Waals surface area contributed by atoms with Crippen LogP contribution in [0.5, 0.6) is 5.75 Å². The number of carbonyl (C=O) groups is 2. The maximum absolute atomic E-state index is 11.5. The Morgan fingerprint density at radius 2 is 1.62 bits per heavy atom. The first-order valence-electron chi connectivity index (χ1n) is 6.38. The van der Waals surface area contributed by atoms with Crippen molar-refractivity contribution in [2.75, 3.05) is 6.61 Å². The molecule has 2 N–H and O–H groups in total. The molecule has 0 fully saturated rings. The van der Waals surface area contributed by atoms with Crippen LogP contribution < -0.4 is 4.74 Å². The summed E-state index contributed by atoms with van der Waals surface area (Å²) in [4.78, 5) is 22.9. The van der Waals surface area contributed by atoms with Crippen LogP contribution >= 0.6 is 0 Å². The summed E-state index contributed by atoms with van der Waals surface area (Å²) in [5, 5.41) is 18.7. The third kappa shape index (κ3) is 2.86. The van der Waals surface area contributed by atoms with E-state index >= 15 is 0 Å². The van der Waals surface area contributed by atoms with E-state index in [2.05, 4.69) is 0 Å². The fraction of sp³-hybridized carbons (Fsp3) is 0.125. The summed E-state index contributed by atoms with van der Waals surface area (Å²) in [5.41, 5.74) is 0.692. The van der Waals surface area contributed by atoms with Gasteiger partial charge >= 0.3 is 11.9 Å².